The van der Waals surface area contributed by atoms with Crippen LogP contribution < -0.4 is 15.2 Å². The molecule has 0 atom stereocenters. The van der Waals surface area contributed by atoms with E-state index >= 15 is 0 Å². The van der Waals surface area contributed by atoms with Crippen LogP contribution in [0.4, 0.5) is 5.95 Å². The van der Waals surface area contributed by atoms with E-state index in [9.17, 15) is 4.79 Å². The van der Waals surface area contributed by atoms with Gasteiger partial charge in [-0.05, 0) is 30.0 Å². The van der Waals surface area contributed by atoms with Gasteiger partial charge in [-0.1, -0.05) is 48.5 Å². The molecule has 0 radical (unpaired) electrons. The minimum atomic E-state index is 0.0419. The molecule has 1 aliphatic rings. The van der Waals surface area contributed by atoms with Crippen LogP contribution in [0.5, 0.6) is 5.75 Å². The summed E-state index contributed by atoms with van der Waals surface area (Å²) in [6, 6.07) is 21.9. The van der Waals surface area contributed by atoms with Crippen LogP contribution in [0.15, 0.2) is 71.5 Å². The van der Waals surface area contributed by atoms with Gasteiger partial charge in [-0.25, -0.2) is 4.98 Å². The Labute approximate surface area is 162 Å². The van der Waals surface area contributed by atoms with Gasteiger partial charge in [0.15, 0.2) is 0 Å². The number of anilines is 1. The first-order chi connectivity index (χ1) is 13.8. The topological polar surface area (TPSA) is 47.4 Å². The Morgan fingerprint density at radius 3 is 2.61 bits per heavy atom. The minimum Gasteiger partial charge on any atom is -0.491 e. The minimum absolute atomic E-state index is 0.0419. The Kier molecular flexibility index (Phi) is 4.20. The molecule has 0 saturated heterocycles. The van der Waals surface area contributed by atoms with E-state index in [0.29, 0.717) is 25.1 Å². The lowest BCUT2D eigenvalue weighted by molar-refractivity contribution is 0.323. The van der Waals surface area contributed by atoms with Crippen molar-refractivity contribution in [3.63, 3.8) is 0 Å². The van der Waals surface area contributed by atoms with Crippen molar-refractivity contribution in [3.8, 4) is 5.75 Å². The monoisotopic (exact) mass is 371 g/mol. The molecule has 0 fully saturated rings. The van der Waals surface area contributed by atoms with Crippen molar-refractivity contribution < 1.29 is 4.74 Å². The Hall–Kier alpha value is -3.34. The highest BCUT2D eigenvalue weighted by molar-refractivity contribution is 5.88. The lowest BCUT2D eigenvalue weighted by Gasteiger charge is -2.30. The number of aromatic nitrogens is 2. The molecule has 0 saturated carbocycles. The molecule has 0 amide bonds. The number of fused-ring (bicyclic) bond motifs is 3. The van der Waals surface area contributed by atoms with Gasteiger partial charge < -0.3 is 9.64 Å². The summed E-state index contributed by atoms with van der Waals surface area (Å²) >= 11 is 0. The van der Waals surface area contributed by atoms with Gasteiger partial charge in [-0.3, -0.25) is 9.36 Å². The Balaban J connectivity index is 1.39. The number of ether oxygens (including phenoxy) is 1. The summed E-state index contributed by atoms with van der Waals surface area (Å²) in [6.07, 6.45) is 0.932. The molecule has 0 N–H and O–H groups in total. The standard InChI is InChI=1S/C23H21N3O2/c27-22-19-10-3-4-11-20(19)24-23-25(13-6-14-26(22)23)15-16-28-21-12-5-8-17-7-1-2-9-18(17)21/h1-5,7-12H,6,13-16H2. The Bertz CT molecular complexity index is 1210. The average molecular weight is 371 g/mol. The molecule has 140 valence electrons. The second kappa shape index (κ2) is 7.00. The highest BCUT2D eigenvalue weighted by atomic mass is 16.5. The lowest BCUT2D eigenvalue weighted by Crippen LogP contribution is -2.40. The summed E-state index contributed by atoms with van der Waals surface area (Å²) in [4.78, 5) is 19.7. The fourth-order valence-corrected chi connectivity index (χ4v) is 3.92. The number of nitrogens with zero attached hydrogens (tertiary/aromatic N) is 3. The highest BCUT2D eigenvalue weighted by Gasteiger charge is 2.21. The highest BCUT2D eigenvalue weighted by Crippen LogP contribution is 2.25. The lowest BCUT2D eigenvalue weighted by atomic mass is 10.1. The number of benzene rings is 3. The van der Waals surface area contributed by atoms with Gasteiger partial charge in [-0.2, -0.15) is 0 Å². The number of hydrogen-bond acceptors (Lipinski definition) is 4. The van der Waals surface area contributed by atoms with Crippen LogP contribution in [-0.2, 0) is 6.54 Å². The third-order valence-electron chi connectivity index (χ3n) is 5.30. The van der Waals surface area contributed by atoms with Crippen LogP contribution >= 0.6 is 0 Å². The van der Waals surface area contributed by atoms with E-state index in [1.54, 1.807) is 4.57 Å². The summed E-state index contributed by atoms with van der Waals surface area (Å²) in [5.74, 6) is 1.63. The zero-order valence-corrected chi connectivity index (χ0v) is 15.5. The van der Waals surface area contributed by atoms with Crippen molar-refractivity contribution in [1.82, 2.24) is 9.55 Å². The van der Waals surface area contributed by atoms with Crippen molar-refractivity contribution in [3.05, 3.63) is 77.1 Å². The molecular formula is C23H21N3O2. The molecule has 0 unspecified atom stereocenters. The van der Waals surface area contributed by atoms with E-state index in [0.717, 1.165) is 35.6 Å². The SMILES string of the molecule is O=c1c2ccccc2nc2n1CCCN2CCOc1cccc2ccccc12. The summed E-state index contributed by atoms with van der Waals surface area (Å²) in [5, 5.41) is 2.97. The summed E-state index contributed by atoms with van der Waals surface area (Å²) < 4.78 is 7.89. The van der Waals surface area contributed by atoms with Gasteiger partial charge in [0.25, 0.3) is 5.56 Å². The second-order valence-corrected chi connectivity index (χ2v) is 7.05. The first-order valence-corrected chi connectivity index (χ1v) is 9.66. The third kappa shape index (κ3) is 2.89. The van der Waals surface area contributed by atoms with Crippen LogP contribution in [0.2, 0.25) is 0 Å². The quantitative estimate of drug-likeness (QED) is 0.547. The van der Waals surface area contributed by atoms with Crippen LogP contribution in [-0.4, -0.2) is 29.2 Å². The van der Waals surface area contributed by atoms with Crippen LogP contribution in [0, 0.1) is 0 Å². The molecule has 1 aromatic heterocycles. The molecule has 5 rings (SSSR count). The first-order valence-electron chi connectivity index (χ1n) is 9.66. The molecule has 4 aromatic rings. The summed E-state index contributed by atoms with van der Waals surface area (Å²) in [5.41, 5.74) is 0.792. The van der Waals surface area contributed by atoms with Gasteiger partial charge in [0.2, 0.25) is 5.95 Å². The van der Waals surface area contributed by atoms with Crippen LogP contribution in [0.25, 0.3) is 21.7 Å². The fraction of sp³-hybridized carbons (Fsp3) is 0.217. The maximum Gasteiger partial charge on any atom is 0.262 e. The molecule has 28 heavy (non-hydrogen) atoms. The largest absolute Gasteiger partial charge is 0.491 e. The van der Waals surface area contributed by atoms with Crippen molar-refractivity contribution in [2.45, 2.75) is 13.0 Å². The van der Waals surface area contributed by atoms with Gasteiger partial charge in [0.1, 0.15) is 12.4 Å². The van der Waals surface area contributed by atoms with Gasteiger partial charge in [-0.15, -0.1) is 0 Å². The maximum atomic E-state index is 12.8. The molecule has 0 spiro atoms. The van der Waals surface area contributed by atoms with Crippen LogP contribution in [0.3, 0.4) is 0 Å². The zero-order chi connectivity index (χ0) is 18.9. The van der Waals surface area contributed by atoms with Crippen molar-refractivity contribution in [2.75, 3.05) is 24.6 Å². The Morgan fingerprint density at radius 1 is 0.893 bits per heavy atom. The molecule has 5 heteroatoms. The Morgan fingerprint density at radius 2 is 1.68 bits per heavy atom. The van der Waals surface area contributed by atoms with E-state index in [1.807, 2.05) is 48.5 Å². The summed E-state index contributed by atoms with van der Waals surface area (Å²) in [6.45, 7) is 2.82. The molecule has 0 aliphatic carbocycles. The normalized spacial score (nSPS) is 13.6. The van der Waals surface area contributed by atoms with E-state index in [-0.39, 0.29) is 5.56 Å². The van der Waals surface area contributed by atoms with E-state index in [1.165, 1.54) is 5.39 Å². The summed E-state index contributed by atoms with van der Waals surface area (Å²) in [7, 11) is 0. The molecular weight excluding hydrogens is 350 g/mol. The average Bonchev–Trinajstić information content (AvgIpc) is 2.75. The van der Waals surface area contributed by atoms with Gasteiger partial charge in [0, 0.05) is 18.5 Å². The first kappa shape index (κ1) is 16.8. The number of hydrogen-bond donors (Lipinski definition) is 0. The number of para-hydroxylation sites is 1. The predicted octanol–water partition coefficient (Wildman–Crippen LogP) is 3.84. The van der Waals surface area contributed by atoms with Gasteiger partial charge >= 0.3 is 0 Å². The third-order valence-corrected chi connectivity index (χ3v) is 5.30. The van der Waals surface area contributed by atoms with Crippen LogP contribution in [0.1, 0.15) is 6.42 Å². The van der Waals surface area contributed by atoms with Crippen molar-refractivity contribution in [2.24, 2.45) is 0 Å². The second-order valence-electron chi connectivity index (χ2n) is 7.05. The predicted molar refractivity (Wildman–Crippen MR) is 112 cm³/mol. The van der Waals surface area contributed by atoms with Crippen molar-refractivity contribution >= 4 is 27.6 Å². The molecule has 1 aliphatic heterocycles. The van der Waals surface area contributed by atoms with Crippen molar-refractivity contribution in [1.29, 1.82) is 0 Å². The van der Waals surface area contributed by atoms with E-state index in [2.05, 4.69) is 23.1 Å². The van der Waals surface area contributed by atoms with Gasteiger partial charge in [0.05, 0.1) is 17.4 Å². The maximum absolute atomic E-state index is 12.8. The van der Waals surface area contributed by atoms with E-state index < -0.39 is 0 Å². The molecule has 5 nitrogen and oxygen atoms in total. The molecule has 3 aromatic carbocycles. The zero-order valence-electron chi connectivity index (χ0n) is 15.5. The smallest absolute Gasteiger partial charge is 0.262 e. The molecule has 2 heterocycles. The van der Waals surface area contributed by atoms with E-state index in [4.69, 9.17) is 9.72 Å². The fourth-order valence-electron chi connectivity index (χ4n) is 3.92. The molecule has 0 bridgehead atoms. The number of rotatable bonds is 4.